The third-order valence-electron chi connectivity index (χ3n) is 2.56. The number of hydrogen-bond donors (Lipinski definition) is 1. The Bertz CT molecular complexity index is 302. The van der Waals surface area contributed by atoms with Crippen molar-refractivity contribution in [2.45, 2.75) is 45.1 Å². The fraction of sp³-hybridized carbons (Fsp3) is 0.727. The predicted molar refractivity (Wildman–Crippen MR) is 54.9 cm³/mol. The molecule has 1 aliphatic rings. The molecule has 1 saturated carbocycles. The Morgan fingerprint density at radius 1 is 1.57 bits per heavy atom. The van der Waals surface area contributed by atoms with Crippen molar-refractivity contribution in [3.63, 3.8) is 0 Å². The highest BCUT2D eigenvalue weighted by Gasteiger charge is 2.29. The molecular formula is C11H18N2O. The lowest BCUT2D eigenvalue weighted by Crippen LogP contribution is -2.11. The van der Waals surface area contributed by atoms with Crippen LogP contribution in [0.25, 0.3) is 0 Å². The maximum absolute atomic E-state index is 6.00. The number of hydrogen-bond acceptors (Lipinski definition) is 3. The minimum atomic E-state index is 0.00926. The van der Waals surface area contributed by atoms with Gasteiger partial charge in [0.05, 0.1) is 12.2 Å². The molecular weight excluding hydrogens is 176 g/mol. The third kappa shape index (κ3) is 2.15. The van der Waals surface area contributed by atoms with Crippen LogP contribution in [0, 0.1) is 5.92 Å². The largest absolute Gasteiger partial charge is 0.444 e. The van der Waals surface area contributed by atoms with E-state index in [0.29, 0.717) is 11.8 Å². The molecule has 1 atom stereocenters. The SMILES string of the molecule is CC(C)C[C@@H](N)c1cnc(C2CC2)o1. The molecule has 1 fully saturated rings. The van der Waals surface area contributed by atoms with Crippen molar-refractivity contribution in [1.82, 2.24) is 4.98 Å². The van der Waals surface area contributed by atoms with Crippen LogP contribution in [0.2, 0.25) is 0 Å². The normalized spacial score (nSPS) is 18.9. The molecule has 14 heavy (non-hydrogen) atoms. The van der Waals surface area contributed by atoms with Crippen molar-refractivity contribution in [2.24, 2.45) is 11.7 Å². The highest BCUT2D eigenvalue weighted by molar-refractivity contribution is 5.07. The predicted octanol–water partition coefficient (Wildman–Crippen LogP) is 2.60. The van der Waals surface area contributed by atoms with E-state index in [1.807, 2.05) is 0 Å². The van der Waals surface area contributed by atoms with Crippen LogP contribution in [0.1, 0.15) is 56.7 Å². The van der Waals surface area contributed by atoms with Gasteiger partial charge in [-0.15, -0.1) is 0 Å². The maximum Gasteiger partial charge on any atom is 0.197 e. The minimum absolute atomic E-state index is 0.00926. The molecule has 0 spiro atoms. The standard InChI is InChI=1S/C11H18N2O/c1-7(2)5-9(12)10-6-13-11(14-10)8-3-4-8/h6-9H,3-5,12H2,1-2H3/t9-/m1/s1. The van der Waals surface area contributed by atoms with Gasteiger partial charge in [-0.25, -0.2) is 4.98 Å². The summed E-state index contributed by atoms with van der Waals surface area (Å²) in [5.74, 6) is 2.91. The average molecular weight is 194 g/mol. The number of oxazole rings is 1. The van der Waals surface area contributed by atoms with Crippen LogP contribution < -0.4 is 5.73 Å². The molecule has 3 nitrogen and oxygen atoms in total. The van der Waals surface area contributed by atoms with E-state index in [-0.39, 0.29) is 6.04 Å². The van der Waals surface area contributed by atoms with Gasteiger partial charge in [0.2, 0.25) is 0 Å². The Morgan fingerprint density at radius 3 is 2.86 bits per heavy atom. The van der Waals surface area contributed by atoms with Crippen molar-refractivity contribution in [2.75, 3.05) is 0 Å². The van der Waals surface area contributed by atoms with Crippen LogP contribution in [0.3, 0.4) is 0 Å². The number of aromatic nitrogens is 1. The third-order valence-corrected chi connectivity index (χ3v) is 2.56. The lowest BCUT2D eigenvalue weighted by molar-refractivity contribution is 0.393. The van der Waals surface area contributed by atoms with Crippen molar-refractivity contribution in [1.29, 1.82) is 0 Å². The first kappa shape index (κ1) is 9.71. The zero-order chi connectivity index (χ0) is 10.1. The molecule has 0 aromatic carbocycles. The molecule has 0 unspecified atom stereocenters. The summed E-state index contributed by atoms with van der Waals surface area (Å²) >= 11 is 0. The molecule has 0 saturated heterocycles. The van der Waals surface area contributed by atoms with Crippen LogP contribution in [0.15, 0.2) is 10.6 Å². The van der Waals surface area contributed by atoms with E-state index in [2.05, 4.69) is 18.8 Å². The lowest BCUT2D eigenvalue weighted by Gasteiger charge is -2.10. The van der Waals surface area contributed by atoms with Gasteiger partial charge in [0.25, 0.3) is 0 Å². The number of nitrogens with zero attached hydrogens (tertiary/aromatic N) is 1. The van der Waals surface area contributed by atoms with Crippen molar-refractivity contribution >= 4 is 0 Å². The van der Waals surface area contributed by atoms with Crippen molar-refractivity contribution in [3.05, 3.63) is 17.8 Å². The van der Waals surface area contributed by atoms with Crippen LogP contribution in [-0.4, -0.2) is 4.98 Å². The van der Waals surface area contributed by atoms with Crippen molar-refractivity contribution in [3.8, 4) is 0 Å². The molecule has 1 aromatic rings. The Balaban J connectivity index is 2.00. The summed E-state index contributed by atoms with van der Waals surface area (Å²) in [5.41, 5.74) is 6.00. The van der Waals surface area contributed by atoms with Gasteiger partial charge < -0.3 is 10.2 Å². The zero-order valence-corrected chi connectivity index (χ0v) is 8.86. The lowest BCUT2D eigenvalue weighted by atomic mass is 10.0. The van der Waals surface area contributed by atoms with Crippen LogP contribution in [0.4, 0.5) is 0 Å². The van der Waals surface area contributed by atoms with Crippen molar-refractivity contribution < 1.29 is 4.42 Å². The van der Waals surface area contributed by atoms with E-state index in [4.69, 9.17) is 10.2 Å². The Morgan fingerprint density at radius 2 is 2.29 bits per heavy atom. The molecule has 0 bridgehead atoms. The molecule has 2 rings (SSSR count). The highest BCUT2D eigenvalue weighted by atomic mass is 16.4. The smallest absolute Gasteiger partial charge is 0.197 e. The molecule has 0 aliphatic heterocycles. The second-order valence-corrected chi connectivity index (χ2v) is 4.61. The summed E-state index contributed by atoms with van der Waals surface area (Å²) in [4.78, 5) is 4.26. The second-order valence-electron chi connectivity index (χ2n) is 4.61. The van der Waals surface area contributed by atoms with Gasteiger partial charge in [-0.05, 0) is 25.2 Å². The van der Waals surface area contributed by atoms with Gasteiger partial charge >= 0.3 is 0 Å². The zero-order valence-electron chi connectivity index (χ0n) is 8.86. The van der Waals surface area contributed by atoms with Gasteiger partial charge in [0, 0.05) is 5.92 Å². The van der Waals surface area contributed by atoms with Crippen LogP contribution in [-0.2, 0) is 0 Å². The first-order valence-electron chi connectivity index (χ1n) is 5.38. The molecule has 1 aliphatic carbocycles. The fourth-order valence-corrected chi connectivity index (χ4v) is 1.62. The summed E-state index contributed by atoms with van der Waals surface area (Å²) in [6, 6.07) is 0.00926. The maximum atomic E-state index is 6.00. The summed E-state index contributed by atoms with van der Waals surface area (Å²) in [7, 11) is 0. The summed E-state index contributed by atoms with van der Waals surface area (Å²) in [5, 5.41) is 0. The molecule has 2 N–H and O–H groups in total. The Hall–Kier alpha value is -0.830. The molecule has 1 heterocycles. The summed E-state index contributed by atoms with van der Waals surface area (Å²) in [6.07, 6.45) is 5.19. The van der Waals surface area contributed by atoms with Gasteiger partial charge in [-0.2, -0.15) is 0 Å². The van der Waals surface area contributed by atoms with Gasteiger partial charge in [-0.1, -0.05) is 13.8 Å². The monoisotopic (exact) mass is 194 g/mol. The van der Waals surface area contributed by atoms with Gasteiger partial charge in [0.1, 0.15) is 5.76 Å². The topological polar surface area (TPSA) is 52.0 Å². The quantitative estimate of drug-likeness (QED) is 0.801. The number of rotatable bonds is 4. The van der Waals surface area contributed by atoms with E-state index in [1.165, 1.54) is 12.8 Å². The van der Waals surface area contributed by atoms with Gasteiger partial charge in [-0.3, -0.25) is 0 Å². The van der Waals surface area contributed by atoms with E-state index < -0.39 is 0 Å². The first-order valence-corrected chi connectivity index (χ1v) is 5.38. The molecule has 3 heteroatoms. The van der Waals surface area contributed by atoms with Crippen LogP contribution >= 0.6 is 0 Å². The van der Waals surface area contributed by atoms with E-state index in [9.17, 15) is 0 Å². The first-order chi connectivity index (χ1) is 6.66. The molecule has 0 radical (unpaired) electrons. The minimum Gasteiger partial charge on any atom is -0.444 e. The van der Waals surface area contributed by atoms with Gasteiger partial charge in [0.15, 0.2) is 5.89 Å². The van der Waals surface area contributed by atoms with Crippen LogP contribution in [0.5, 0.6) is 0 Å². The Kier molecular flexibility index (Phi) is 2.59. The van der Waals surface area contributed by atoms with E-state index in [0.717, 1.165) is 18.1 Å². The van der Waals surface area contributed by atoms with E-state index in [1.54, 1.807) is 6.20 Å². The average Bonchev–Trinajstić information content (AvgIpc) is 2.82. The number of nitrogens with two attached hydrogens (primary N) is 1. The van der Waals surface area contributed by atoms with E-state index >= 15 is 0 Å². The molecule has 1 aromatic heterocycles. The summed E-state index contributed by atoms with van der Waals surface area (Å²) < 4.78 is 5.63. The molecule has 0 amide bonds. The Labute approximate surface area is 84.7 Å². The summed E-state index contributed by atoms with van der Waals surface area (Å²) in [6.45, 7) is 4.33. The fourth-order valence-electron chi connectivity index (χ4n) is 1.62. The second kappa shape index (κ2) is 3.73. The molecule has 78 valence electrons. The highest BCUT2D eigenvalue weighted by Crippen LogP contribution is 2.40.